The summed E-state index contributed by atoms with van der Waals surface area (Å²) >= 11 is 1.69. The zero-order valence-corrected chi connectivity index (χ0v) is 12.8. The summed E-state index contributed by atoms with van der Waals surface area (Å²) in [6.45, 7) is 4.13. The highest BCUT2D eigenvalue weighted by Crippen LogP contribution is 2.25. The van der Waals surface area contributed by atoms with Crippen LogP contribution in [0.3, 0.4) is 0 Å². The zero-order valence-electron chi connectivity index (χ0n) is 12.0. The fraction of sp³-hybridized carbons (Fsp3) is 0.312. The number of thioether (sulfide) groups is 1. The number of benzene rings is 1. The quantitative estimate of drug-likeness (QED) is 0.837. The molecular weight excluding hydrogens is 270 g/mol. The molecule has 106 valence electrons. The van der Waals surface area contributed by atoms with Gasteiger partial charge >= 0.3 is 0 Å². The van der Waals surface area contributed by atoms with Crippen molar-refractivity contribution in [3.05, 3.63) is 47.7 Å². The number of pyridine rings is 1. The van der Waals surface area contributed by atoms with Crippen molar-refractivity contribution in [2.24, 2.45) is 0 Å². The molecule has 2 aromatic rings. The van der Waals surface area contributed by atoms with Crippen molar-refractivity contribution < 1.29 is 9.84 Å². The zero-order chi connectivity index (χ0) is 14.5. The van der Waals surface area contributed by atoms with Crippen LogP contribution in [0.4, 0.5) is 0 Å². The van der Waals surface area contributed by atoms with Crippen LogP contribution in [0.15, 0.2) is 41.3 Å². The maximum Gasteiger partial charge on any atom is 0.219 e. The molecule has 1 N–H and O–H groups in total. The molecule has 0 saturated carbocycles. The number of aliphatic hydroxyl groups excluding tert-OH is 1. The van der Waals surface area contributed by atoms with E-state index < -0.39 is 0 Å². The predicted octanol–water partition coefficient (Wildman–Crippen LogP) is 4.21. The summed E-state index contributed by atoms with van der Waals surface area (Å²) in [6.07, 6.45) is 2.04. The van der Waals surface area contributed by atoms with Crippen LogP contribution >= 0.6 is 11.8 Å². The minimum atomic E-state index is -0.00991. The Morgan fingerprint density at radius 1 is 1.20 bits per heavy atom. The van der Waals surface area contributed by atoms with E-state index in [0.29, 0.717) is 11.8 Å². The van der Waals surface area contributed by atoms with Crippen molar-refractivity contribution in [2.45, 2.75) is 31.3 Å². The number of hydrogen-bond acceptors (Lipinski definition) is 4. The molecule has 0 aliphatic carbocycles. The lowest BCUT2D eigenvalue weighted by atomic mass is 10.1. The third kappa shape index (κ3) is 3.74. The molecule has 0 amide bonds. The molecule has 2 rings (SSSR count). The molecule has 0 aliphatic heterocycles. The van der Waals surface area contributed by atoms with Gasteiger partial charge in [0.15, 0.2) is 0 Å². The van der Waals surface area contributed by atoms with Crippen molar-refractivity contribution in [1.29, 1.82) is 0 Å². The van der Waals surface area contributed by atoms with Crippen LogP contribution < -0.4 is 4.74 Å². The smallest absolute Gasteiger partial charge is 0.219 e. The molecular formula is C16H19NO2S. The molecule has 0 spiro atoms. The topological polar surface area (TPSA) is 42.4 Å². The maximum atomic E-state index is 9.32. The predicted molar refractivity (Wildman–Crippen MR) is 82.5 cm³/mol. The first-order valence-electron chi connectivity index (χ1n) is 6.56. The second-order valence-corrected chi connectivity index (χ2v) is 5.71. The molecule has 4 heteroatoms. The number of hydrogen-bond donors (Lipinski definition) is 1. The number of aliphatic hydroxyl groups is 1. The monoisotopic (exact) mass is 289 g/mol. The van der Waals surface area contributed by atoms with E-state index in [1.165, 1.54) is 4.90 Å². The van der Waals surface area contributed by atoms with Gasteiger partial charge in [0, 0.05) is 16.7 Å². The summed E-state index contributed by atoms with van der Waals surface area (Å²) in [5.74, 6) is 1.57. The van der Waals surface area contributed by atoms with Crippen molar-refractivity contribution in [3.63, 3.8) is 0 Å². The molecule has 0 fully saturated rings. The van der Waals surface area contributed by atoms with Gasteiger partial charge in [-0.15, -0.1) is 11.8 Å². The van der Waals surface area contributed by atoms with E-state index in [-0.39, 0.29) is 6.61 Å². The van der Waals surface area contributed by atoms with Crippen LogP contribution in [0.1, 0.15) is 31.0 Å². The Balaban J connectivity index is 2.24. The van der Waals surface area contributed by atoms with E-state index in [9.17, 15) is 5.11 Å². The highest BCUT2D eigenvalue weighted by molar-refractivity contribution is 7.98. The second kappa shape index (κ2) is 6.77. The van der Waals surface area contributed by atoms with Gasteiger partial charge in [0.1, 0.15) is 5.75 Å². The highest BCUT2D eigenvalue weighted by atomic mass is 32.2. The summed E-state index contributed by atoms with van der Waals surface area (Å²) in [5.41, 5.74) is 1.74. The summed E-state index contributed by atoms with van der Waals surface area (Å²) in [6, 6.07) is 11.6. The first-order chi connectivity index (χ1) is 9.62. The lowest BCUT2D eigenvalue weighted by molar-refractivity contribution is 0.280. The molecule has 0 atom stereocenters. The van der Waals surface area contributed by atoms with Crippen LogP contribution in [-0.2, 0) is 6.61 Å². The molecule has 0 unspecified atom stereocenters. The minimum Gasteiger partial charge on any atom is -0.439 e. The van der Waals surface area contributed by atoms with Gasteiger partial charge < -0.3 is 9.84 Å². The van der Waals surface area contributed by atoms with Gasteiger partial charge in [-0.3, -0.25) is 0 Å². The van der Waals surface area contributed by atoms with Crippen molar-refractivity contribution in [3.8, 4) is 11.6 Å². The summed E-state index contributed by atoms with van der Waals surface area (Å²) in [4.78, 5) is 5.67. The third-order valence-corrected chi connectivity index (χ3v) is 3.68. The number of ether oxygens (including phenoxy) is 1. The van der Waals surface area contributed by atoms with Gasteiger partial charge in [-0.05, 0) is 48.1 Å². The molecule has 0 aliphatic rings. The van der Waals surface area contributed by atoms with Crippen LogP contribution in [0.25, 0.3) is 0 Å². The first kappa shape index (κ1) is 14.9. The van der Waals surface area contributed by atoms with E-state index in [1.807, 2.05) is 36.6 Å². The van der Waals surface area contributed by atoms with Gasteiger partial charge in [0.25, 0.3) is 0 Å². The molecule has 1 aromatic carbocycles. The Morgan fingerprint density at radius 2 is 1.90 bits per heavy atom. The fourth-order valence-corrected chi connectivity index (χ4v) is 2.19. The van der Waals surface area contributed by atoms with Crippen molar-refractivity contribution >= 4 is 11.8 Å². The second-order valence-electron chi connectivity index (χ2n) is 4.83. The molecule has 0 radical (unpaired) electrons. The third-order valence-electron chi connectivity index (χ3n) is 2.94. The average molecular weight is 289 g/mol. The lowest BCUT2D eigenvalue weighted by Crippen LogP contribution is -1.98. The Hall–Kier alpha value is -1.52. The van der Waals surface area contributed by atoms with E-state index in [0.717, 1.165) is 17.0 Å². The summed E-state index contributed by atoms with van der Waals surface area (Å²) in [5, 5.41) is 9.32. The van der Waals surface area contributed by atoms with Crippen molar-refractivity contribution in [2.75, 3.05) is 6.26 Å². The maximum absolute atomic E-state index is 9.32. The van der Waals surface area contributed by atoms with E-state index >= 15 is 0 Å². The Kier molecular flexibility index (Phi) is 5.04. The van der Waals surface area contributed by atoms with Gasteiger partial charge in [-0.25, -0.2) is 4.98 Å². The number of rotatable bonds is 5. The first-order valence-corrected chi connectivity index (χ1v) is 7.78. The summed E-state index contributed by atoms with van der Waals surface area (Å²) in [7, 11) is 0. The lowest BCUT2D eigenvalue weighted by Gasteiger charge is -2.11. The van der Waals surface area contributed by atoms with Crippen molar-refractivity contribution in [1.82, 2.24) is 4.98 Å². The molecule has 1 heterocycles. The van der Waals surface area contributed by atoms with Gasteiger partial charge in [-0.2, -0.15) is 0 Å². The largest absolute Gasteiger partial charge is 0.439 e. The van der Waals surface area contributed by atoms with Crippen LogP contribution in [0.2, 0.25) is 0 Å². The Bertz CT molecular complexity index is 567. The Morgan fingerprint density at radius 3 is 2.45 bits per heavy atom. The van der Waals surface area contributed by atoms with Gasteiger partial charge in [0.2, 0.25) is 5.88 Å². The molecule has 0 bridgehead atoms. The minimum absolute atomic E-state index is 0.00991. The van der Waals surface area contributed by atoms with Gasteiger partial charge in [0.05, 0.1) is 6.61 Å². The summed E-state index contributed by atoms with van der Waals surface area (Å²) < 4.78 is 5.78. The van der Waals surface area contributed by atoms with E-state index in [1.54, 1.807) is 17.8 Å². The normalized spacial score (nSPS) is 10.8. The van der Waals surface area contributed by atoms with E-state index in [2.05, 4.69) is 18.8 Å². The SMILES string of the molecule is CSc1ccc(Oc2cc(CO)cc(C(C)C)n2)cc1. The average Bonchev–Trinajstić information content (AvgIpc) is 2.47. The van der Waals surface area contributed by atoms with Crippen LogP contribution in [0.5, 0.6) is 11.6 Å². The molecule has 1 aromatic heterocycles. The fourth-order valence-electron chi connectivity index (χ4n) is 1.79. The van der Waals surface area contributed by atoms with Gasteiger partial charge in [-0.1, -0.05) is 13.8 Å². The van der Waals surface area contributed by atoms with Crippen LogP contribution in [-0.4, -0.2) is 16.3 Å². The standard InChI is InChI=1S/C16H19NO2S/c1-11(2)15-8-12(10-18)9-16(17-15)19-13-4-6-14(20-3)7-5-13/h4-9,11,18H,10H2,1-3H3. The highest BCUT2D eigenvalue weighted by Gasteiger charge is 2.07. The molecule has 0 saturated heterocycles. The number of nitrogens with zero attached hydrogens (tertiary/aromatic N) is 1. The van der Waals surface area contributed by atoms with E-state index in [4.69, 9.17) is 4.74 Å². The Labute approximate surface area is 124 Å². The number of aromatic nitrogens is 1. The molecule has 3 nitrogen and oxygen atoms in total. The van der Waals surface area contributed by atoms with Crippen LogP contribution in [0, 0.1) is 0 Å². The molecule has 20 heavy (non-hydrogen) atoms.